The lowest BCUT2D eigenvalue weighted by Crippen LogP contribution is -2.09. The molecule has 0 aliphatic heterocycles. The Kier molecular flexibility index (Phi) is 7.56. The normalized spacial score (nSPS) is 13.6. The maximum atomic E-state index is 11.4. The summed E-state index contributed by atoms with van der Waals surface area (Å²) in [6.07, 6.45) is 8.32. The van der Waals surface area contributed by atoms with E-state index in [0.29, 0.717) is 6.42 Å². The Bertz CT molecular complexity index is 285. The molecule has 0 aromatic carbocycles. The second-order valence-corrected chi connectivity index (χ2v) is 3.25. The number of ketones is 1. The van der Waals surface area contributed by atoms with Crippen molar-refractivity contribution in [1.29, 1.82) is 0 Å². The lowest BCUT2D eigenvalue weighted by atomic mass is 10.1. The number of hydrogen-bond acceptors (Lipinski definition) is 2. The number of rotatable bonds is 6. The summed E-state index contributed by atoms with van der Waals surface area (Å²) in [7, 11) is 1.91. The second kappa shape index (κ2) is 8.18. The Hall–Kier alpha value is -1.15. The Labute approximate surface area is 92.8 Å². The minimum atomic E-state index is 0.189. The summed E-state index contributed by atoms with van der Waals surface area (Å²) in [6, 6.07) is 0. The van der Waals surface area contributed by atoms with Gasteiger partial charge in [-0.05, 0) is 26.5 Å². The highest BCUT2D eigenvalue weighted by atomic mass is 16.1. The van der Waals surface area contributed by atoms with Crippen molar-refractivity contribution in [2.24, 2.45) is 0 Å². The molecule has 15 heavy (non-hydrogen) atoms. The third-order valence-corrected chi connectivity index (χ3v) is 2.18. The van der Waals surface area contributed by atoms with Crippen LogP contribution >= 0.6 is 0 Å². The maximum Gasteiger partial charge on any atom is 0.162 e. The number of hydrogen-bond donors (Lipinski definition) is 1. The van der Waals surface area contributed by atoms with Crippen LogP contribution in [-0.4, -0.2) is 19.4 Å². The van der Waals surface area contributed by atoms with Gasteiger partial charge in [0, 0.05) is 18.5 Å². The molecule has 0 amide bonds. The molecule has 84 valence electrons. The molecule has 0 atom stereocenters. The van der Waals surface area contributed by atoms with E-state index in [2.05, 4.69) is 5.32 Å². The van der Waals surface area contributed by atoms with Crippen molar-refractivity contribution >= 4 is 5.78 Å². The highest BCUT2D eigenvalue weighted by Crippen LogP contribution is 2.05. The first-order chi connectivity index (χ1) is 7.19. The van der Waals surface area contributed by atoms with Crippen molar-refractivity contribution in [3.05, 3.63) is 35.5 Å². The molecular weight excluding hydrogens is 186 g/mol. The summed E-state index contributed by atoms with van der Waals surface area (Å²) in [5.74, 6) is 0.189. The Morgan fingerprint density at radius 3 is 2.27 bits per heavy atom. The SMILES string of the molecule is C\C=C(/C=C\C(=C/C)C(=O)CC)CNC. The Balaban J connectivity index is 4.55. The van der Waals surface area contributed by atoms with Gasteiger partial charge in [-0.15, -0.1) is 0 Å². The molecular formula is C13H21NO. The molecule has 0 saturated carbocycles. The molecule has 0 aliphatic carbocycles. The van der Waals surface area contributed by atoms with Crippen molar-refractivity contribution < 1.29 is 4.79 Å². The van der Waals surface area contributed by atoms with E-state index in [1.807, 2.05) is 52.1 Å². The van der Waals surface area contributed by atoms with Gasteiger partial charge in [-0.3, -0.25) is 4.79 Å². The van der Waals surface area contributed by atoms with Crippen molar-refractivity contribution in [2.45, 2.75) is 27.2 Å². The van der Waals surface area contributed by atoms with E-state index < -0.39 is 0 Å². The van der Waals surface area contributed by atoms with E-state index in [1.54, 1.807) is 0 Å². The van der Waals surface area contributed by atoms with Crippen LogP contribution in [0, 0.1) is 0 Å². The summed E-state index contributed by atoms with van der Waals surface area (Å²) in [5.41, 5.74) is 1.97. The zero-order valence-electron chi connectivity index (χ0n) is 10.1. The first-order valence-electron chi connectivity index (χ1n) is 5.36. The average Bonchev–Trinajstić information content (AvgIpc) is 2.27. The number of carbonyl (C=O) groups is 1. The number of nitrogens with one attached hydrogen (secondary N) is 1. The molecule has 1 N–H and O–H groups in total. The van der Waals surface area contributed by atoms with Gasteiger partial charge in [0.05, 0.1) is 0 Å². The summed E-state index contributed by atoms with van der Waals surface area (Å²) in [5, 5.41) is 3.08. The molecule has 0 saturated heterocycles. The van der Waals surface area contributed by atoms with E-state index in [1.165, 1.54) is 5.57 Å². The molecule has 0 aliphatic rings. The maximum absolute atomic E-state index is 11.4. The van der Waals surface area contributed by atoms with E-state index >= 15 is 0 Å². The van der Waals surface area contributed by atoms with Gasteiger partial charge in [0.1, 0.15) is 0 Å². The van der Waals surface area contributed by atoms with Crippen molar-refractivity contribution in [3.8, 4) is 0 Å². The fraction of sp³-hybridized carbons (Fsp3) is 0.462. The first kappa shape index (κ1) is 13.8. The predicted octanol–water partition coefficient (Wildman–Crippen LogP) is 2.63. The van der Waals surface area contributed by atoms with Crippen molar-refractivity contribution in [2.75, 3.05) is 13.6 Å². The van der Waals surface area contributed by atoms with Crippen molar-refractivity contribution in [3.63, 3.8) is 0 Å². The summed E-state index contributed by atoms with van der Waals surface area (Å²) >= 11 is 0. The largest absolute Gasteiger partial charge is 0.316 e. The van der Waals surface area contributed by atoms with Gasteiger partial charge in [0.25, 0.3) is 0 Å². The smallest absolute Gasteiger partial charge is 0.162 e. The van der Waals surface area contributed by atoms with Crippen LogP contribution in [0.25, 0.3) is 0 Å². The van der Waals surface area contributed by atoms with Crippen LogP contribution in [-0.2, 0) is 4.79 Å². The molecule has 0 heterocycles. The number of allylic oxidation sites excluding steroid dienone is 4. The zero-order chi connectivity index (χ0) is 11.7. The van der Waals surface area contributed by atoms with Crippen LogP contribution in [0.5, 0.6) is 0 Å². The summed E-state index contributed by atoms with van der Waals surface area (Å²) in [4.78, 5) is 11.4. The lowest BCUT2D eigenvalue weighted by molar-refractivity contribution is -0.115. The lowest BCUT2D eigenvalue weighted by Gasteiger charge is -2.01. The van der Waals surface area contributed by atoms with Crippen LogP contribution in [0.2, 0.25) is 0 Å². The third kappa shape index (κ3) is 5.33. The Morgan fingerprint density at radius 1 is 1.20 bits per heavy atom. The molecule has 2 heteroatoms. The van der Waals surface area contributed by atoms with Gasteiger partial charge in [-0.25, -0.2) is 0 Å². The molecule has 0 aromatic rings. The van der Waals surface area contributed by atoms with Crippen LogP contribution in [0.4, 0.5) is 0 Å². The van der Waals surface area contributed by atoms with Crippen LogP contribution in [0.1, 0.15) is 27.2 Å². The molecule has 0 bridgehead atoms. The molecule has 0 fully saturated rings. The monoisotopic (exact) mass is 207 g/mol. The highest BCUT2D eigenvalue weighted by molar-refractivity contribution is 5.97. The fourth-order valence-electron chi connectivity index (χ4n) is 1.21. The van der Waals surface area contributed by atoms with Gasteiger partial charge >= 0.3 is 0 Å². The molecule has 0 rings (SSSR count). The number of Topliss-reactive ketones (excluding diaryl/α,β-unsaturated/α-hetero) is 1. The highest BCUT2D eigenvalue weighted by Gasteiger charge is 2.01. The van der Waals surface area contributed by atoms with E-state index in [9.17, 15) is 4.79 Å². The summed E-state index contributed by atoms with van der Waals surface area (Å²) in [6.45, 7) is 6.59. The number of carbonyl (C=O) groups excluding carboxylic acids is 1. The van der Waals surface area contributed by atoms with Gasteiger partial charge in [-0.2, -0.15) is 0 Å². The van der Waals surface area contributed by atoms with Gasteiger partial charge < -0.3 is 5.32 Å². The van der Waals surface area contributed by atoms with Crippen LogP contribution in [0.15, 0.2) is 35.5 Å². The first-order valence-corrected chi connectivity index (χ1v) is 5.36. The van der Waals surface area contributed by atoms with E-state index in [0.717, 1.165) is 12.1 Å². The van der Waals surface area contributed by atoms with Gasteiger partial charge in [0.15, 0.2) is 5.78 Å². The molecule has 2 nitrogen and oxygen atoms in total. The topological polar surface area (TPSA) is 29.1 Å². The van der Waals surface area contributed by atoms with Crippen molar-refractivity contribution in [1.82, 2.24) is 5.32 Å². The zero-order valence-corrected chi connectivity index (χ0v) is 10.1. The van der Waals surface area contributed by atoms with Crippen LogP contribution in [0.3, 0.4) is 0 Å². The molecule has 0 spiro atoms. The quantitative estimate of drug-likeness (QED) is 0.536. The third-order valence-electron chi connectivity index (χ3n) is 2.18. The second-order valence-electron chi connectivity index (χ2n) is 3.25. The van der Waals surface area contributed by atoms with E-state index in [4.69, 9.17) is 0 Å². The average molecular weight is 207 g/mol. The minimum Gasteiger partial charge on any atom is -0.316 e. The van der Waals surface area contributed by atoms with Crippen LogP contribution < -0.4 is 5.32 Å². The van der Waals surface area contributed by atoms with Gasteiger partial charge in [-0.1, -0.05) is 31.2 Å². The molecule has 0 unspecified atom stereocenters. The van der Waals surface area contributed by atoms with E-state index in [-0.39, 0.29) is 5.78 Å². The standard InChI is InChI=1S/C13H21NO/c1-5-11(10-14-4)8-9-12(6-2)13(15)7-3/h5-6,8-9,14H,7,10H2,1-4H3/b9-8-,11-5+,12-6+. The Morgan fingerprint density at radius 2 is 1.87 bits per heavy atom. The fourth-order valence-corrected chi connectivity index (χ4v) is 1.21. The molecule has 0 radical (unpaired) electrons. The minimum absolute atomic E-state index is 0.189. The van der Waals surface area contributed by atoms with Gasteiger partial charge in [0.2, 0.25) is 0 Å². The number of likely N-dealkylation sites (N-methyl/N-ethyl adjacent to an activating group) is 1. The predicted molar refractivity (Wildman–Crippen MR) is 65.9 cm³/mol. The summed E-state index contributed by atoms with van der Waals surface area (Å²) < 4.78 is 0. The molecule has 0 aromatic heterocycles.